The maximum Gasteiger partial charge on any atom is 0.308 e. The summed E-state index contributed by atoms with van der Waals surface area (Å²) in [5.41, 5.74) is 0.268. The Bertz CT molecular complexity index is 740. The number of carbonyl (C=O) groups is 2. The summed E-state index contributed by atoms with van der Waals surface area (Å²) in [6, 6.07) is 2.08. The number of carboxylic acid groups (broad SMARTS) is 1. The Labute approximate surface area is 198 Å². The first-order valence-electron chi connectivity index (χ1n) is 12.0. The summed E-state index contributed by atoms with van der Waals surface area (Å²) < 4.78 is 5.56. The predicted molar refractivity (Wildman–Crippen MR) is 126 cm³/mol. The molecular formula is C26H41NO6. The van der Waals surface area contributed by atoms with Gasteiger partial charge >= 0.3 is 11.9 Å². The van der Waals surface area contributed by atoms with Crippen molar-refractivity contribution < 1.29 is 29.6 Å². The molecule has 0 bridgehead atoms. The van der Waals surface area contributed by atoms with Crippen molar-refractivity contribution in [1.29, 1.82) is 5.26 Å². The van der Waals surface area contributed by atoms with Gasteiger partial charge in [0.05, 0.1) is 36.7 Å². The van der Waals surface area contributed by atoms with Crippen molar-refractivity contribution in [3.05, 3.63) is 23.8 Å². The van der Waals surface area contributed by atoms with E-state index in [4.69, 9.17) is 9.84 Å². The molecule has 7 heteroatoms. The molecule has 0 amide bonds. The Morgan fingerprint density at radius 1 is 1.15 bits per heavy atom. The van der Waals surface area contributed by atoms with E-state index in [1.807, 2.05) is 13.8 Å². The van der Waals surface area contributed by atoms with Crippen molar-refractivity contribution >= 4 is 11.9 Å². The topological polar surface area (TPSA) is 128 Å². The highest BCUT2D eigenvalue weighted by molar-refractivity contribution is 5.70. The molecule has 1 aliphatic heterocycles. The first kappa shape index (κ1) is 28.9. The van der Waals surface area contributed by atoms with E-state index in [-0.39, 0.29) is 36.7 Å². The van der Waals surface area contributed by atoms with Crippen molar-refractivity contribution in [2.75, 3.05) is 0 Å². The molecule has 0 radical (unpaired) electrons. The molecular weight excluding hydrogens is 422 g/mol. The molecule has 0 saturated carbocycles. The van der Waals surface area contributed by atoms with E-state index in [0.717, 1.165) is 19.3 Å². The average Bonchev–Trinajstić information content (AvgIpc) is 2.70. The van der Waals surface area contributed by atoms with Gasteiger partial charge in [0.1, 0.15) is 6.10 Å². The van der Waals surface area contributed by atoms with Crippen LogP contribution < -0.4 is 0 Å². The lowest BCUT2D eigenvalue weighted by molar-refractivity contribution is -0.156. The third kappa shape index (κ3) is 10.5. The second-order valence-corrected chi connectivity index (χ2v) is 10.1. The molecule has 0 aromatic carbocycles. The van der Waals surface area contributed by atoms with Gasteiger partial charge in [-0.05, 0) is 49.0 Å². The lowest BCUT2D eigenvalue weighted by atomic mass is 9.82. The van der Waals surface area contributed by atoms with E-state index < -0.39 is 36.2 Å². The SMILES string of the molecule is C[C@@H]1C[C@H](C)C[C@H](C)[C@@H](O)CC(=O)O[C@H]([C@H](C)CC(=O)O)C/C=C/C=C(/C#N)[C@H](O)[C@@H](C)C1. The van der Waals surface area contributed by atoms with E-state index in [1.54, 1.807) is 25.2 Å². The van der Waals surface area contributed by atoms with Crippen molar-refractivity contribution in [2.24, 2.45) is 29.6 Å². The quantitative estimate of drug-likeness (QED) is 0.534. The second-order valence-electron chi connectivity index (χ2n) is 10.1. The van der Waals surface area contributed by atoms with Crippen molar-refractivity contribution in [1.82, 2.24) is 0 Å². The van der Waals surface area contributed by atoms with Crippen LogP contribution in [-0.4, -0.2) is 45.6 Å². The first-order chi connectivity index (χ1) is 15.4. The van der Waals surface area contributed by atoms with Gasteiger partial charge in [-0.25, -0.2) is 0 Å². The molecule has 1 heterocycles. The third-order valence-electron chi connectivity index (χ3n) is 6.57. The number of esters is 1. The Balaban J connectivity index is 3.16. The number of nitriles is 1. The number of carbonyl (C=O) groups excluding carboxylic acids is 1. The summed E-state index contributed by atoms with van der Waals surface area (Å²) in [5.74, 6) is -1.48. The lowest BCUT2D eigenvalue weighted by Gasteiger charge is -2.27. The van der Waals surface area contributed by atoms with Crippen LogP contribution in [0.4, 0.5) is 0 Å². The average molecular weight is 464 g/mol. The highest BCUT2D eigenvalue weighted by atomic mass is 16.5. The molecule has 0 spiro atoms. The maximum absolute atomic E-state index is 12.5. The zero-order valence-corrected chi connectivity index (χ0v) is 20.6. The molecule has 0 unspecified atom stereocenters. The van der Waals surface area contributed by atoms with E-state index in [2.05, 4.69) is 19.9 Å². The fraction of sp³-hybridized carbons (Fsp3) is 0.731. The standard InChI is InChI=1S/C26H41NO6/c1-16-10-17(2)12-20(5)26(32)21(15-27)8-6-7-9-23(19(4)13-24(29)30)33-25(31)14-22(28)18(3)11-16/h6-8,16-20,22-23,26,28,32H,9-14H2,1-5H3,(H,29,30)/b7-6+,21-8-/t16-,17+,18-,19+,20-,22-,23-,26+/m0/s1. The van der Waals surface area contributed by atoms with Gasteiger partial charge in [-0.3, -0.25) is 9.59 Å². The van der Waals surface area contributed by atoms with E-state index in [0.29, 0.717) is 11.8 Å². The van der Waals surface area contributed by atoms with E-state index in [9.17, 15) is 25.1 Å². The monoisotopic (exact) mass is 463 g/mol. The highest BCUT2D eigenvalue weighted by Crippen LogP contribution is 2.28. The molecule has 0 aromatic heterocycles. The maximum atomic E-state index is 12.5. The van der Waals surface area contributed by atoms with Gasteiger partial charge in [-0.2, -0.15) is 5.26 Å². The van der Waals surface area contributed by atoms with Crippen LogP contribution in [0.25, 0.3) is 0 Å². The first-order valence-corrected chi connectivity index (χ1v) is 12.0. The van der Waals surface area contributed by atoms with Gasteiger partial charge in [0.25, 0.3) is 0 Å². The molecule has 0 fully saturated rings. The van der Waals surface area contributed by atoms with Crippen LogP contribution in [0.3, 0.4) is 0 Å². The summed E-state index contributed by atoms with van der Waals surface area (Å²) in [6.45, 7) is 9.81. The summed E-state index contributed by atoms with van der Waals surface area (Å²) in [7, 11) is 0. The van der Waals surface area contributed by atoms with Crippen LogP contribution in [-0.2, 0) is 14.3 Å². The molecule has 8 atom stereocenters. The number of allylic oxidation sites excluding steroid dienone is 2. The van der Waals surface area contributed by atoms with Crippen LogP contribution in [0.5, 0.6) is 0 Å². The molecule has 186 valence electrons. The number of hydrogen-bond donors (Lipinski definition) is 3. The zero-order valence-electron chi connectivity index (χ0n) is 20.6. The summed E-state index contributed by atoms with van der Waals surface area (Å²) in [4.78, 5) is 23.7. The summed E-state index contributed by atoms with van der Waals surface area (Å²) in [6.07, 6.45) is 4.93. The van der Waals surface area contributed by atoms with Gasteiger partial charge in [-0.1, -0.05) is 46.8 Å². The largest absolute Gasteiger partial charge is 0.481 e. The number of ether oxygens (including phenoxy) is 1. The molecule has 3 N–H and O–H groups in total. The van der Waals surface area contributed by atoms with E-state index in [1.165, 1.54) is 0 Å². The fourth-order valence-electron chi connectivity index (χ4n) is 4.72. The van der Waals surface area contributed by atoms with Gasteiger partial charge in [0.2, 0.25) is 0 Å². The molecule has 0 aliphatic carbocycles. The van der Waals surface area contributed by atoms with Crippen LogP contribution >= 0.6 is 0 Å². The number of cyclic esters (lactones) is 1. The van der Waals surface area contributed by atoms with Crippen molar-refractivity contribution in [3.8, 4) is 6.07 Å². The minimum absolute atomic E-state index is 0.0855. The molecule has 33 heavy (non-hydrogen) atoms. The van der Waals surface area contributed by atoms with Gasteiger partial charge in [-0.15, -0.1) is 0 Å². The Morgan fingerprint density at radius 2 is 1.76 bits per heavy atom. The molecule has 1 rings (SSSR count). The van der Waals surface area contributed by atoms with Gasteiger partial charge in [0.15, 0.2) is 0 Å². The molecule has 7 nitrogen and oxygen atoms in total. The minimum atomic E-state index is -0.984. The Morgan fingerprint density at radius 3 is 2.33 bits per heavy atom. The number of hydrogen-bond acceptors (Lipinski definition) is 6. The van der Waals surface area contributed by atoms with Crippen LogP contribution in [0, 0.1) is 40.9 Å². The summed E-state index contributed by atoms with van der Waals surface area (Å²) in [5, 5.41) is 39.9. The van der Waals surface area contributed by atoms with Crippen LogP contribution in [0.2, 0.25) is 0 Å². The summed E-state index contributed by atoms with van der Waals surface area (Å²) >= 11 is 0. The molecule has 1 aliphatic rings. The minimum Gasteiger partial charge on any atom is -0.481 e. The number of aliphatic carboxylic acids is 1. The van der Waals surface area contributed by atoms with Crippen molar-refractivity contribution in [2.45, 2.75) is 91.5 Å². The van der Waals surface area contributed by atoms with E-state index >= 15 is 0 Å². The van der Waals surface area contributed by atoms with Crippen molar-refractivity contribution in [3.63, 3.8) is 0 Å². The number of aliphatic hydroxyl groups excluding tert-OH is 2. The molecule has 0 saturated heterocycles. The lowest BCUT2D eigenvalue weighted by Crippen LogP contribution is -2.30. The smallest absolute Gasteiger partial charge is 0.308 e. The highest BCUT2D eigenvalue weighted by Gasteiger charge is 2.27. The zero-order chi connectivity index (χ0) is 25.1. The number of rotatable bonds is 3. The fourth-order valence-corrected chi connectivity index (χ4v) is 4.72. The Kier molecular flexibility index (Phi) is 12.4. The van der Waals surface area contributed by atoms with Gasteiger partial charge < -0.3 is 20.1 Å². The van der Waals surface area contributed by atoms with Crippen LogP contribution in [0.1, 0.15) is 73.1 Å². The van der Waals surface area contributed by atoms with Crippen LogP contribution in [0.15, 0.2) is 23.8 Å². The predicted octanol–water partition coefficient (Wildman–Crippen LogP) is 4.25. The van der Waals surface area contributed by atoms with Gasteiger partial charge in [0, 0.05) is 12.3 Å². The second kappa shape index (κ2) is 14.2. The number of carboxylic acids is 1. The number of aliphatic hydroxyl groups is 2. The third-order valence-corrected chi connectivity index (χ3v) is 6.57. The molecule has 0 aromatic rings. The Hall–Kier alpha value is -2.17. The normalized spacial score (nSPS) is 36.7. The number of nitrogens with zero attached hydrogens (tertiary/aromatic N) is 1.